The molecule has 2 heterocycles. The van der Waals surface area contributed by atoms with Gasteiger partial charge in [0.05, 0.1) is 25.5 Å². The zero-order chi connectivity index (χ0) is 16.8. The summed E-state index contributed by atoms with van der Waals surface area (Å²) < 4.78 is 13.2. The minimum Gasteiger partial charge on any atom is -0.497 e. The van der Waals surface area contributed by atoms with Crippen LogP contribution in [0, 0.1) is 11.8 Å². The highest BCUT2D eigenvalue weighted by Crippen LogP contribution is 2.27. The van der Waals surface area contributed by atoms with Gasteiger partial charge in [0, 0.05) is 12.2 Å². The van der Waals surface area contributed by atoms with Crippen LogP contribution in [0.15, 0.2) is 29.4 Å². The van der Waals surface area contributed by atoms with Crippen molar-refractivity contribution in [1.82, 2.24) is 14.8 Å². The van der Waals surface area contributed by atoms with E-state index in [4.69, 9.17) is 9.47 Å². The van der Waals surface area contributed by atoms with E-state index in [0.29, 0.717) is 5.75 Å². The SMILES string of the molecule is CC#CCSc1nnc(-c2ccc(OC)cc2)n1CC1CCCO1. The van der Waals surface area contributed by atoms with Gasteiger partial charge in [0.1, 0.15) is 5.75 Å². The lowest BCUT2D eigenvalue weighted by Crippen LogP contribution is -2.16. The maximum atomic E-state index is 5.80. The molecule has 3 rings (SSSR count). The first-order valence-corrected chi connectivity index (χ1v) is 9.02. The number of methoxy groups -OCH3 is 1. The van der Waals surface area contributed by atoms with Gasteiger partial charge in [0.15, 0.2) is 11.0 Å². The lowest BCUT2D eigenvalue weighted by molar-refractivity contribution is 0.0953. The highest BCUT2D eigenvalue weighted by molar-refractivity contribution is 7.99. The van der Waals surface area contributed by atoms with Crippen LogP contribution in [0.25, 0.3) is 11.4 Å². The van der Waals surface area contributed by atoms with Crippen molar-refractivity contribution in [3.8, 4) is 29.0 Å². The fraction of sp³-hybridized carbons (Fsp3) is 0.444. The zero-order valence-electron chi connectivity index (χ0n) is 14.0. The largest absolute Gasteiger partial charge is 0.497 e. The molecule has 1 unspecified atom stereocenters. The number of hydrogen-bond acceptors (Lipinski definition) is 5. The molecule has 0 N–H and O–H groups in total. The van der Waals surface area contributed by atoms with E-state index in [0.717, 1.165) is 48.3 Å². The minimum atomic E-state index is 0.231. The molecule has 1 aliphatic rings. The van der Waals surface area contributed by atoms with Crippen LogP contribution in [0.5, 0.6) is 5.75 Å². The van der Waals surface area contributed by atoms with Crippen molar-refractivity contribution in [3.63, 3.8) is 0 Å². The maximum Gasteiger partial charge on any atom is 0.192 e. The number of aromatic nitrogens is 3. The van der Waals surface area contributed by atoms with Crippen LogP contribution in [-0.2, 0) is 11.3 Å². The zero-order valence-corrected chi connectivity index (χ0v) is 14.8. The summed E-state index contributed by atoms with van der Waals surface area (Å²) in [6.07, 6.45) is 2.43. The number of thioether (sulfide) groups is 1. The highest BCUT2D eigenvalue weighted by atomic mass is 32.2. The van der Waals surface area contributed by atoms with E-state index in [1.165, 1.54) is 0 Å². The van der Waals surface area contributed by atoms with Gasteiger partial charge in [-0.25, -0.2) is 0 Å². The molecule has 0 amide bonds. The second-order valence-corrected chi connectivity index (χ2v) is 6.44. The number of benzene rings is 1. The van der Waals surface area contributed by atoms with E-state index >= 15 is 0 Å². The van der Waals surface area contributed by atoms with Crippen molar-refractivity contribution in [2.45, 2.75) is 37.6 Å². The Hall–Kier alpha value is -1.97. The summed E-state index contributed by atoms with van der Waals surface area (Å²) in [5.41, 5.74) is 1.02. The van der Waals surface area contributed by atoms with Crippen LogP contribution in [0.3, 0.4) is 0 Å². The first kappa shape index (κ1) is 16.9. The quantitative estimate of drug-likeness (QED) is 0.595. The molecule has 1 aliphatic heterocycles. The standard InChI is InChI=1S/C18H21N3O2S/c1-3-4-12-24-18-20-19-17(14-7-9-15(22-2)10-8-14)21(18)13-16-6-5-11-23-16/h7-10,16H,5-6,11-13H2,1-2H3. The Morgan fingerprint density at radius 2 is 2.17 bits per heavy atom. The average molecular weight is 343 g/mol. The number of nitrogens with zero attached hydrogens (tertiary/aromatic N) is 3. The van der Waals surface area contributed by atoms with Gasteiger partial charge in [-0.3, -0.25) is 4.57 Å². The molecule has 0 spiro atoms. The average Bonchev–Trinajstić information content (AvgIpc) is 3.26. The third kappa shape index (κ3) is 3.92. The Balaban J connectivity index is 1.88. The molecule has 24 heavy (non-hydrogen) atoms. The lowest BCUT2D eigenvalue weighted by Gasteiger charge is -2.14. The minimum absolute atomic E-state index is 0.231. The molecule has 1 saturated heterocycles. The van der Waals surface area contributed by atoms with Crippen LogP contribution in [0.1, 0.15) is 19.8 Å². The normalized spacial score (nSPS) is 16.7. The summed E-state index contributed by atoms with van der Waals surface area (Å²) in [4.78, 5) is 0. The van der Waals surface area contributed by atoms with Gasteiger partial charge < -0.3 is 9.47 Å². The summed E-state index contributed by atoms with van der Waals surface area (Å²) in [5, 5.41) is 9.67. The predicted molar refractivity (Wildman–Crippen MR) is 95.2 cm³/mol. The molecule has 1 atom stereocenters. The van der Waals surface area contributed by atoms with Gasteiger partial charge in [0.25, 0.3) is 0 Å². The molecule has 6 heteroatoms. The highest BCUT2D eigenvalue weighted by Gasteiger charge is 2.21. The summed E-state index contributed by atoms with van der Waals surface area (Å²) in [5.74, 6) is 8.38. The summed E-state index contributed by atoms with van der Waals surface area (Å²) >= 11 is 1.61. The Morgan fingerprint density at radius 1 is 1.33 bits per heavy atom. The van der Waals surface area contributed by atoms with E-state index in [2.05, 4.69) is 26.6 Å². The second-order valence-electron chi connectivity index (χ2n) is 5.50. The molecule has 2 aromatic rings. The Labute approximate surface area is 146 Å². The van der Waals surface area contributed by atoms with Gasteiger partial charge in [0.2, 0.25) is 0 Å². The van der Waals surface area contributed by atoms with Gasteiger partial charge >= 0.3 is 0 Å². The van der Waals surface area contributed by atoms with Crippen LogP contribution in [-0.4, -0.2) is 40.3 Å². The van der Waals surface area contributed by atoms with Crippen molar-refractivity contribution in [1.29, 1.82) is 0 Å². The van der Waals surface area contributed by atoms with Crippen molar-refractivity contribution < 1.29 is 9.47 Å². The monoisotopic (exact) mass is 343 g/mol. The van der Waals surface area contributed by atoms with Gasteiger partial charge in [-0.2, -0.15) is 0 Å². The Morgan fingerprint density at radius 3 is 2.83 bits per heavy atom. The fourth-order valence-corrected chi connectivity index (χ4v) is 3.44. The molecule has 1 aromatic heterocycles. The third-order valence-corrected chi connectivity index (χ3v) is 4.77. The van der Waals surface area contributed by atoms with E-state index in [-0.39, 0.29) is 6.10 Å². The molecule has 0 radical (unpaired) electrons. The summed E-state index contributed by atoms with van der Waals surface area (Å²) in [7, 11) is 1.67. The topological polar surface area (TPSA) is 49.2 Å². The van der Waals surface area contributed by atoms with Crippen LogP contribution in [0.4, 0.5) is 0 Å². The Bertz CT molecular complexity index is 725. The third-order valence-electron chi connectivity index (χ3n) is 3.93. The van der Waals surface area contributed by atoms with Crippen molar-refractivity contribution >= 4 is 11.8 Å². The summed E-state index contributed by atoms with van der Waals surface area (Å²) in [6.45, 7) is 3.46. The fourth-order valence-electron chi connectivity index (χ4n) is 2.68. The molecule has 0 aliphatic carbocycles. The number of ether oxygens (including phenoxy) is 2. The molecule has 0 bridgehead atoms. The maximum absolute atomic E-state index is 5.80. The van der Waals surface area contributed by atoms with Crippen LogP contribution >= 0.6 is 11.8 Å². The molecule has 126 valence electrons. The van der Waals surface area contributed by atoms with Crippen molar-refractivity contribution in [3.05, 3.63) is 24.3 Å². The molecular weight excluding hydrogens is 322 g/mol. The number of rotatable bonds is 6. The molecule has 5 nitrogen and oxygen atoms in total. The molecule has 0 saturated carbocycles. The second kappa shape index (κ2) is 8.22. The van der Waals surface area contributed by atoms with E-state index in [1.807, 2.05) is 31.2 Å². The van der Waals surface area contributed by atoms with E-state index in [9.17, 15) is 0 Å². The summed E-state index contributed by atoms with van der Waals surface area (Å²) in [6, 6.07) is 7.90. The van der Waals surface area contributed by atoms with Gasteiger partial charge in [-0.1, -0.05) is 17.7 Å². The van der Waals surface area contributed by atoms with Crippen LogP contribution < -0.4 is 4.74 Å². The van der Waals surface area contributed by atoms with Crippen LogP contribution in [0.2, 0.25) is 0 Å². The van der Waals surface area contributed by atoms with E-state index < -0.39 is 0 Å². The Kier molecular flexibility index (Phi) is 5.78. The van der Waals surface area contributed by atoms with Crippen molar-refractivity contribution in [2.24, 2.45) is 0 Å². The van der Waals surface area contributed by atoms with E-state index in [1.54, 1.807) is 18.9 Å². The lowest BCUT2D eigenvalue weighted by atomic mass is 10.2. The smallest absolute Gasteiger partial charge is 0.192 e. The molecule has 1 aromatic carbocycles. The first-order valence-electron chi connectivity index (χ1n) is 8.03. The predicted octanol–water partition coefficient (Wildman–Crippen LogP) is 3.25. The van der Waals surface area contributed by atoms with Gasteiger partial charge in [-0.15, -0.1) is 16.1 Å². The van der Waals surface area contributed by atoms with Gasteiger partial charge in [-0.05, 0) is 44.0 Å². The molecule has 1 fully saturated rings. The molecular formula is C18H21N3O2S. The van der Waals surface area contributed by atoms with Crippen molar-refractivity contribution in [2.75, 3.05) is 19.5 Å². The number of hydrogen-bond donors (Lipinski definition) is 0. The first-order chi connectivity index (χ1) is 11.8.